The van der Waals surface area contributed by atoms with Gasteiger partial charge in [-0.2, -0.15) is 11.8 Å². The first-order valence-electron chi connectivity index (χ1n) is 8.98. The molecule has 1 heterocycles. The van der Waals surface area contributed by atoms with Crippen LogP contribution in [0.5, 0.6) is 11.6 Å². The minimum Gasteiger partial charge on any atom is -0.439 e. The van der Waals surface area contributed by atoms with E-state index in [-0.39, 0.29) is 18.1 Å². The molecule has 1 aromatic carbocycles. The van der Waals surface area contributed by atoms with Crippen LogP contribution in [0.25, 0.3) is 0 Å². The van der Waals surface area contributed by atoms with Gasteiger partial charge in [-0.3, -0.25) is 4.79 Å². The van der Waals surface area contributed by atoms with Crippen molar-refractivity contribution >= 4 is 27.7 Å². The molecule has 158 valence electrons. The molecule has 2 rings (SSSR count). The zero-order chi connectivity index (χ0) is 21.3. The van der Waals surface area contributed by atoms with Gasteiger partial charge in [0.1, 0.15) is 17.6 Å². The number of carbonyl (C=O) groups excluding carboxylic acids is 1. The van der Waals surface area contributed by atoms with Crippen LogP contribution >= 0.6 is 11.8 Å². The van der Waals surface area contributed by atoms with Gasteiger partial charge in [0, 0.05) is 18.8 Å². The van der Waals surface area contributed by atoms with Gasteiger partial charge in [-0.25, -0.2) is 22.5 Å². The van der Waals surface area contributed by atoms with E-state index in [1.54, 1.807) is 12.1 Å². The highest BCUT2D eigenvalue weighted by Gasteiger charge is 2.22. The standard InChI is InChI=1S/C19H24FN3O4S2/c1-3-29(25,26)23-17(9-11-28-2)19(24)22-13-14-8-10-21-18(12-14)27-16-6-4-15(20)5-7-16/h4-8,10,12,17,23H,3,9,11,13H2,1-2H3,(H,22,24). The van der Waals surface area contributed by atoms with E-state index in [0.717, 1.165) is 5.56 Å². The molecule has 2 aromatic rings. The highest BCUT2D eigenvalue weighted by molar-refractivity contribution is 7.98. The summed E-state index contributed by atoms with van der Waals surface area (Å²) in [5.74, 6) is 0.533. The molecule has 0 saturated carbocycles. The smallest absolute Gasteiger partial charge is 0.238 e. The third-order valence-corrected chi connectivity index (χ3v) is 5.98. The van der Waals surface area contributed by atoms with Gasteiger partial charge in [0.2, 0.25) is 21.8 Å². The molecule has 0 aliphatic carbocycles. The number of thioether (sulfide) groups is 1. The first-order chi connectivity index (χ1) is 13.8. The van der Waals surface area contributed by atoms with Gasteiger partial charge >= 0.3 is 0 Å². The number of benzene rings is 1. The van der Waals surface area contributed by atoms with Crippen LogP contribution in [0.3, 0.4) is 0 Å². The number of amides is 1. The molecular formula is C19H24FN3O4S2. The summed E-state index contributed by atoms with van der Waals surface area (Å²) < 4.78 is 44.7. The number of hydrogen-bond donors (Lipinski definition) is 2. The zero-order valence-corrected chi connectivity index (χ0v) is 17.9. The van der Waals surface area contributed by atoms with Crippen molar-refractivity contribution in [3.63, 3.8) is 0 Å². The normalized spacial score (nSPS) is 12.4. The summed E-state index contributed by atoms with van der Waals surface area (Å²) in [6.07, 6.45) is 3.82. The highest BCUT2D eigenvalue weighted by atomic mass is 32.2. The van der Waals surface area contributed by atoms with E-state index < -0.39 is 22.0 Å². The number of nitrogens with zero attached hydrogens (tertiary/aromatic N) is 1. The van der Waals surface area contributed by atoms with Gasteiger partial charge in [-0.15, -0.1) is 0 Å². The van der Waals surface area contributed by atoms with Gasteiger partial charge in [-0.05, 0) is 61.2 Å². The molecule has 7 nitrogen and oxygen atoms in total. The van der Waals surface area contributed by atoms with E-state index in [1.165, 1.54) is 49.1 Å². The van der Waals surface area contributed by atoms with Crippen molar-refractivity contribution in [2.45, 2.75) is 25.9 Å². The van der Waals surface area contributed by atoms with Gasteiger partial charge in [-0.1, -0.05) is 0 Å². The van der Waals surface area contributed by atoms with Crippen LogP contribution in [0.4, 0.5) is 4.39 Å². The monoisotopic (exact) mass is 441 g/mol. The summed E-state index contributed by atoms with van der Waals surface area (Å²) in [5.41, 5.74) is 0.729. The Morgan fingerprint density at radius 1 is 1.28 bits per heavy atom. The fourth-order valence-corrected chi connectivity index (χ4v) is 3.63. The molecule has 2 N–H and O–H groups in total. The van der Waals surface area contributed by atoms with Crippen LogP contribution < -0.4 is 14.8 Å². The number of rotatable bonds is 11. The Kier molecular flexibility index (Phi) is 8.87. The van der Waals surface area contributed by atoms with Crippen molar-refractivity contribution in [2.75, 3.05) is 17.8 Å². The average molecular weight is 442 g/mol. The summed E-state index contributed by atoms with van der Waals surface area (Å²) in [4.78, 5) is 16.6. The summed E-state index contributed by atoms with van der Waals surface area (Å²) in [6.45, 7) is 1.70. The van der Waals surface area contributed by atoms with E-state index in [4.69, 9.17) is 4.74 Å². The Morgan fingerprint density at radius 2 is 2.00 bits per heavy atom. The zero-order valence-electron chi connectivity index (χ0n) is 16.2. The largest absolute Gasteiger partial charge is 0.439 e. The molecule has 29 heavy (non-hydrogen) atoms. The van der Waals surface area contributed by atoms with E-state index >= 15 is 0 Å². The minimum atomic E-state index is -3.50. The molecular weight excluding hydrogens is 417 g/mol. The third kappa shape index (κ3) is 8.00. The molecule has 1 atom stereocenters. The molecule has 0 radical (unpaired) electrons. The lowest BCUT2D eigenvalue weighted by atomic mass is 10.2. The predicted octanol–water partition coefficient (Wildman–Crippen LogP) is 2.69. The summed E-state index contributed by atoms with van der Waals surface area (Å²) in [5, 5.41) is 2.75. The molecule has 0 fully saturated rings. The molecule has 0 saturated heterocycles. The second-order valence-electron chi connectivity index (χ2n) is 6.13. The average Bonchev–Trinajstić information content (AvgIpc) is 2.71. The second kappa shape index (κ2) is 11.1. The molecule has 10 heteroatoms. The van der Waals surface area contributed by atoms with E-state index in [0.29, 0.717) is 23.8 Å². The van der Waals surface area contributed by atoms with Crippen LogP contribution in [0.2, 0.25) is 0 Å². The number of hydrogen-bond acceptors (Lipinski definition) is 6. The molecule has 0 aliphatic rings. The Balaban J connectivity index is 1.99. The van der Waals surface area contributed by atoms with Crippen molar-refractivity contribution in [1.29, 1.82) is 0 Å². The number of aromatic nitrogens is 1. The van der Waals surface area contributed by atoms with Crippen molar-refractivity contribution in [2.24, 2.45) is 0 Å². The molecule has 1 aromatic heterocycles. The van der Waals surface area contributed by atoms with Crippen LogP contribution in [0, 0.1) is 5.82 Å². The topological polar surface area (TPSA) is 97.4 Å². The maximum atomic E-state index is 13.0. The lowest BCUT2D eigenvalue weighted by molar-refractivity contribution is -0.122. The SMILES string of the molecule is CCS(=O)(=O)NC(CCSC)C(=O)NCc1ccnc(Oc2ccc(F)cc2)c1. The van der Waals surface area contributed by atoms with Crippen LogP contribution in [0.1, 0.15) is 18.9 Å². The molecule has 0 aliphatic heterocycles. The number of sulfonamides is 1. The summed E-state index contributed by atoms with van der Waals surface area (Å²) in [7, 11) is -3.50. The van der Waals surface area contributed by atoms with Gasteiger partial charge in [0.25, 0.3) is 0 Å². The molecule has 0 bridgehead atoms. The van der Waals surface area contributed by atoms with Crippen molar-refractivity contribution in [3.05, 3.63) is 54.0 Å². The minimum absolute atomic E-state index is 0.0928. The predicted molar refractivity (Wildman–Crippen MR) is 112 cm³/mol. The summed E-state index contributed by atoms with van der Waals surface area (Å²) in [6, 6.07) is 8.08. The molecule has 0 spiro atoms. The number of carbonyl (C=O) groups is 1. The Bertz CT molecular complexity index is 908. The summed E-state index contributed by atoms with van der Waals surface area (Å²) >= 11 is 1.54. The maximum Gasteiger partial charge on any atom is 0.238 e. The van der Waals surface area contributed by atoms with Gasteiger partial charge in [0.05, 0.1) is 5.75 Å². The molecule has 1 amide bonds. The Morgan fingerprint density at radius 3 is 2.66 bits per heavy atom. The van der Waals surface area contributed by atoms with Crippen molar-refractivity contribution in [1.82, 2.24) is 15.0 Å². The van der Waals surface area contributed by atoms with Crippen LogP contribution in [-0.2, 0) is 21.4 Å². The van der Waals surface area contributed by atoms with E-state index in [2.05, 4.69) is 15.0 Å². The first-order valence-corrected chi connectivity index (χ1v) is 12.0. The fourth-order valence-electron chi connectivity index (χ4n) is 2.33. The lowest BCUT2D eigenvalue weighted by Crippen LogP contribution is -2.47. The van der Waals surface area contributed by atoms with Crippen molar-refractivity contribution in [3.8, 4) is 11.6 Å². The van der Waals surface area contributed by atoms with Gasteiger partial charge in [0.15, 0.2) is 0 Å². The second-order valence-corrected chi connectivity index (χ2v) is 9.16. The van der Waals surface area contributed by atoms with E-state index in [1.807, 2.05) is 6.26 Å². The Hall–Kier alpha value is -2.17. The third-order valence-electron chi connectivity index (χ3n) is 3.93. The first kappa shape index (κ1) is 23.1. The number of nitrogens with one attached hydrogen (secondary N) is 2. The fraction of sp³-hybridized carbons (Fsp3) is 0.368. The quantitative estimate of drug-likeness (QED) is 0.557. The lowest BCUT2D eigenvalue weighted by Gasteiger charge is -2.18. The van der Waals surface area contributed by atoms with Crippen LogP contribution in [-0.4, -0.2) is 43.1 Å². The number of halogens is 1. The number of ether oxygens (including phenoxy) is 1. The maximum absolute atomic E-state index is 13.0. The van der Waals surface area contributed by atoms with E-state index in [9.17, 15) is 17.6 Å². The molecule has 1 unspecified atom stereocenters. The number of pyridine rings is 1. The van der Waals surface area contributed by atoms with Crippen LogP contribution in [0.15, 0.2) is 42.6 Å². The van der Waals surface area contributed by atoms with Gasteiger partial charge < -0.3 is 10.1 Å². The Labute approximate surface area is 174 Å². The van der Waals surface area contributed by atoms with Crippen molar-refractivity contribution < 1.29 is 22.3 Å². The highest BCUT2D eigenvalue weighted by Crippen LogP contribution is 2.20.